The molecule has 0 bridgehead atoms. The Morgan fingerprint density at radius 2 is 1.29 bits per heavy atom. The summed E-state index contributed by atoms with van der Waals surface area (Å²) >= 11 is 0. The molecule has 7 unspecified atom stereocenters. The second kappa shape index (κ2) is 12.3. The summed E-state index contributed by atoms with van der Waals surface area (Å²) < 4.78 is 26.6. The summed E-state index contributed by atoms with van der Waals surface area (Å²) in [6, 6.07) is 0. The van der Waals surface area contributed by atoms with Crippen LogP contribution in [0.2, 0.25) is 58.9 Å². The molecule has 8 heteroatoms. The Bertz CT molecular complexity index is 954. The van der Waals surface area contributed by atoms with E-state index >= 15 is 0 Å². The van der Waals surface area contributed by atoms with Gasteiger partial charge in [0, 0.05) is 12.5 Å². The number of esters is 1. The number of fused-ring (bicyclic) bond motifs is 5. The summed E-state index contributed by atoms with van der Waals surface area (Å²) in [7, 11) is -3.82. The van der Waals surface area contributed by atoms with Crippen LogP contribution in [0.5, 0.6) is 0 Å². The molecule has 4 aliphatic carbocycles. The van der Waals surface area contributed by atoms with Crippen molar-refractivity contribution in [1.82, 2.24) is 0 Å². The van der Waals surface area contributed by atoms with Gasteiger partial charge in [-0.05, 0) is 157 Å². The van der Waals surface area contributed by atoms with Crippen LogP contribution in [0.3, 0.4) is 0 Å². The average molecular weight is 639 g/mol. The molecule has 5 nitrogen and oxygen atoms in total. The molecule has 0 aromatic heterocycles. The third-order valence-electron chi connectivity index (χ3n) is 11.9. The monoisotopic (exact) mass is 638 g/mol. The Balaban J connectivity index is 1.73. The standard InChI is InChI=1S/C34H66O5Si3/c1-23(14-17-29(35)36-4)25-15-16-26-30-27(19-21-33(25,26)2)34(3)20-18-24(37-40(5,6)7)22-28(34)31(38-41(8,9)10)32(30)39-42(11,12)13/h23-28,30-32H,14-22H2,1-13H3/t23?,24-,25?,26?,27?,28+,30?,31-,32-,33?,34?/m1/s1. The van der Waals surface area contributed by atoms with E-state index in [0.717, 1.165) is 12.8 Å². The second-order valence-corrected chi connectivity index (χ2v) is 31.6. The van der Waals surface area contributed by atoms with Gasteiger partial charge in [0.05, 0.1) is 19.3 Å². The molecule has 0 aliphatic heterocycles. The third kappa shape index (κ3) is 7.35. The minimum atomic E-state index is -1.85. The number of hydrogen-bond donors (Lipinski definition) is 0. The fourth-order valence-electron chi connectivity index (χ4n) is 10.5. The summed E-state index contributed by atoms with van der Waals surface area (Å²) in [6.07, 6.45) is 10.9. The molecule has 0 radical (unpaired) electrons. The number of ether oxygens (including phenoxy) is 1. The number of methoxy groups -OCH3 is 1. The van der Waals surface area contributed by atoms with E-state index < -0.39 is 25.0 Å². The fraction of sp³-hybridized carbons (Fsp3) is 0.971. The highest BCUT2D eigenvalue weighted by Crippen LogP contribution is 2.69. The largest absolute Gasteiger partial charge is 0.469 e. The van der Waals surface area contributed by atoms with Gasteiger partial charge in [-0.2, -0.15) is 0 Å². The van der Waals surface area contributed by atoms with Gasteiger partial charge in [-0.25, -0.2) is 0 Å². The van der Waals surface area contributed by atoms with E-state index in [1.54, 1.807) is 0 Å². The van der Waals surface area contributed by atoms with E-state index in [1.165, 1.54) is 45.6 Å². The number of rotatable bonds is 10. The molecule has 4 rings (SSSR count). The van der Waals surface area contributed by atoms with Gasteiger partial charge in [0.15, 0.2) is 25.0 Å². The summed E-state index contributed by atoms with van der Waals surface area (Å²) in [5.41, 5.74) is 0.562. The van der Waals surface area contributed by atoms with Crippen molar-refractivity contribution in [3.05, 3.63) is 0 Å². The normalized spacial score (nSPS) is 41.5. The highest BCUT2D eigenvalue weighted by atomic mass is 28.4. The van der Waals surface area contributed by atoms with E-state index in [0.29, 0.717) is 53.4 Å². The Kier molecular flexibility index (Phi) is 10.2. The van der Waals surface area contributed by atoms with Gasteiger partial charge in [0.1, 0.15) is 0 Å². The molecule has 0 amide bonds. The predicted molar refractivity (Wildman–Crippen MR) is 181 cm³/mol. The summed E-state index contributed by atoms with van der Waals surface area (Å²) in [5, 5.41) is 0. The highest BCUT2D eigenvalue weighted by molar-refractivity contribution is 6.70. The van der Waals surface area contributed by atoms with Gasteiger partial charge >= 0.3 is 5.97 Å². The third-order valence-corrected chi connectivity index (χ3v) is 14.9. The van der Waals surface area contributed by atoms with Crippen molar-refractivity contribution in [3.63, 3.8) is 0 Å². The topological polar surface area (TPSA) is 54.0 Å². The van der Waals surface area contributed by atoms with Gasteiger partial charge in [-0.1, -0.05) is 20.8 Å². The molecule has 4 saturated carbocycles. The smallest absolute Gasteiger partial charge is 0.305 e. The van der Waals surface area contributed by atoms with Crippen LogP contribution in [-0.4, -0.2) is 56.3 Å². The van der Waals surface area contributed by atoms with Crippen LogP contribution in [0, 0.1) is 46.3 Å². The van der Waals surface area contributed by atoms with Gasteiger partial charge in [0.25, 0.3) is 0 Å². The lowest BCUT2D eigenvalue weighted by atomic mass is 9.43. The summed E-state index contributed by atoms with van der Waals surface area (Å²) in [5.74, 6) is 3.49. The zero-order valence-electron chi connectivity index (χ0n) is 29.6. The summed E-state index contributed by atoms with van der Waals surface area (Å²) in [4.78, 5) is 12.0. The quantitative estimate of drug-likeness (QED) is 0.176. The molecule has 0 saturated heterocycles. The van der Waals surface area contributed by atoms with E-state index in [9.17, 15) is 4.79 Å². The molecule has 0 N–H and O–H groups in total. The fourth-order valence-corrected chi connectivity index (χ4v) is 13.9. The lowest BCUT2D eigenvalue weighted by molar-refractivity contribution is -0.213. The first-order chi connectivity index (χ1) is 19.2. The minimum absolute atomic E-state index is 0.0693. The minimum Gasteiger partial charge on any atom is -0.469 e. The van der Waals surface area contributed by atoms with Crippen molar-refractivity contribution < 1.29 is 22.8 Å². The van der Waals surface area contributed by atoms with Crippen LogP contribution in [0.1, 0.15) is 78.6 Å². The first kappa shape index (κ1) is 34.9. The SMILES string of the molecule is COC(=O)CCC(C)C1CCC2C3C(CCC12C)C1(C)CC[C@@H](O[Si](C)(C)C)C[C@H]1[C@@H](O[Si](C)(C)C)[C@@H]3O[Si](C)(C)C. The van der Waals surface area contributed by atoms with Crippen molar-refractivity contribution in [2.75, 3.05) is 7.11 Å². The van der Waals surface area contributed by atoms with Crippen LogP contribution in [0.25, 0.3) is 0 Å². The van der Waals surface area contributed by atoms with Gasteiger partial charge < -0.3 is 18.0 Å². The number of carbonyl (C=O) groups is 1. The van der Waals surface area contributed by atoms with Crippen LogP contribution < -0.4 is 0 Å². The molecular weight excluding hydrogens is 573 g/mol. The molecule has 42 heavy (non-hydrogen) atoms. The van der Waals surface area contributed by atoms with Crippen molar-refractivity contribution >= 4 is 30.9 Å². The maximum absolute atomic E-state index is 12.0. The van der Waals surface area contributed by atoms with E-state index in [2.05, 4.69) is 79.7 Å². The van der Waals surface area contributed by atoms with Crippen LogP contribution >= 0.6 is 0 Å². The molecule has 0 spiro atoms. The van der Waals surface area contributed by atoms with Crippen molar-refractivity contribution in [3.8, 4) is 0 Å². The molecule has 4 aliphatic rings. The van der Waals surface area contributed by atoms with Crippen molar-refractivity contribution in [2.24, 2.45) is 46.3 Å². The first-order valence-corrected chi connectivity index (χ1v) is 27.5. The molecule has 4 fully saturated rings. The molecule has 0 heterocycles. The number of hydrogen-bond acceptors (Lipinski definition) is 5. The van der Waals surface area contributed by atoms with Crippen LogP contribution in [0.4, 0.5) is 0 Å². The lowest BCUT2D eigenvalue weighted by Crippen LogP contribution is -2.67. The maximum Gasteiger partial charge on any atom is 0.305 e. The first-order valence-electron chi connectivity index (χ1n) is 17.3. The van der Waals surface area contributed by atoms with Crippen LogP contribution in [-0.2, 0) is 22.8 Å². The van der Waals surface area contributed by atoms with E-state index in [-0.39, 0.29) is 23.6 Å². The Morgan fingerprint density at radius 1 is 0.738 bits per heavy atom. The van der Waals surface area contributed by atoms with Crippen LogP contribution in [0.15, 0.2) is 0 Å². The van der Waals surface area contributed by atoms with E-state index in [1.807, 2.05) is 0 Å². The molecular formula is C34H66O5Si3. The van der Waals surface area contributed by atoms with Gasteiger partial charge in [-0.15, -0.1) is 0 Å². The zero-order valence-corrected chi connectivity index (χ0v) is 32.6. The second-order valence-electron chi connectivity index (χ2n) is 18.2. The Labute approximate surface area is 262 Å². The lowest BCUT2D eigenvalue weighted by Gasteiger charge is -2.66. The molecule has 0 aromatic rings. The van der Waals surface area contributed by atoms with Gasteiger partial charge in [-0.3, -0.25) is 4.79 Å². The Morgan fingerprint density at radius 3 is 1.86 bits per heavy atom. The predicted octanol–water partition coefficient (Wildman–Crippen LogP) is 9.11. The molecule has 244 valence electrons. The molecule has 0 aromatic carbocycles. The number of carbonyl (C=O) groups excluding carboxylic acids is 1. The maximum atomic E-state index is 12.0. The van der Waals surface area contributed by atoms with E-state index in [4.69, 9.17) is 18.0 Å². The summed E-state index contributed by atoms with van der Waals surface area (Å²) in [6.45, 7) is 29.0. The Hall–Kier alpha value is 0.000649. The average Bonchev–Trinajstić information content (AvgIpc) is 3.19. The van der Waals surface area contributed by atoms with Crippen molar-refractivity contribution in [1.29, 1.82) is 0 Å². The zero-order chi connectivity index (χ0) is 31.5. The highest BCUT2D eigenvalue weighted by Gasteiger charge is 2.66. The van der Waals surface area contributed by atoms with Crippen molar-refractivity contribution in [2.45, 2.75) is 156 Å². The molecule has 11 atom stereocenters. The van der Waals surface area contributed by atoms with Gasteiger partial charge in [0.2, 0.25) is 0 Å².